The molecule has 0 radical (unpaired) electrons. The van der Waals surface area contributed by atoms with Crippen LogP contribution in [0.2, 0.25) is 0 Å². The fourth-order valence-corrected chi connectivity index (χ4v) is 5.72. The van der Waals surface area contributed by atoms with Gasteiger partial charge in [0, 0.05) is 31.6 Å². The number of aromatic nitrogens is 4. The molecule has 2 aromatic heterocycles. The van der Waals surface area contributed by atoms with E-state index in [9.17, 15) is 4.79 Å². The highest BCUT2D eigenvalue weighted by Crippen LogP contribution is 2.31. The lowest BCUT2D eigenvalue weighted by Crippen LogP contribution is -2.45. The van der Waals surface area contributed by atoms with Crippen molar-refractivity contribution in [3.05, 3.63) is 41.2 Å². The van der Waals surface area contributed by atoms with Gasteiger partial charge in [-0.3, -0.25) is 9.69 Å². The molecule has 2 aliphatic rings. The molecule has 8 heteroatoms. The Bertz CT molecular complexity index is 1190. The van der Waals surface area contributed by atoms with E-state index in [1.807, 2.05) is 11.6 Å². The van der Waals surface area contributed by atoms with Crippen LogP contribution in [0.5, 0.6) is 0 Å². The van der Waals surface area contributed by atoms with E-state index in [0.717, 1.165) is 79.4 Å². The highest BCUT2D eigenvalue weighted by atomic mass is 16.1. The minimum atomic E-state index is 0.0588. The zero-order valence-electron chi connectivity index (χ0n) is 21.4. The van der Waals surface area contributed by atoms with Crippen molar-refractivity contribution in [3.63, 3.8) is 0 Å². The van der Waals surface area contributed by atoms with Gasteiger partial charge in [-0.2, -0.15) is 10.2 Å². The summed E-state index contributed by atoms with van der Waals surface area (Å²) in [6, 6.07) is 8.90. The second-order valence-corrected chi connectivity index (χ2v) is 10.1. The van der Waals surface area contributed by atoms with Crippen LogP contribution in [0.1, 0.15) is 49.6 Å². The number of hydrogen-bond acceptors (Lipinski definition) is 6. The minimum Gasteiger partial charge on any atom is -0.354 e. The van der Waals surface area contributed by atoms with Crippen molar-refractivity contribution in [2.75, 3.05) is 37.6 Å². The molecule has 0 bridgehead atoms. The van der Waals surface area contributed by atoms with Crippen molar-refractivity contribution in [2.24, 2.45) is 5.92 Å². The predicted molar refractivity (Wildman–Crippen MR) is 139 cm³/mol. The number of carbonyl (C=O) groups is 1. The van der Waals surface area contributed by atoms with Crippen LogP contribution in [0.4, 0.5) is 5.82 Å². The number of aryl methyl sites for hydroxylation is 3. The molecule has 3 aromatic rings. The first-order chi connectivity index (χ1) is 17.0. The summed E-state index contributed by atoms with van der Waals surface area (Å²) in [5.41, 5.74) is 5.11. The van der Waals surface area contributed by atoms with E-state index in [4.69, 9.17) is 5.10 Å². The third-order valence-electron chi connectivity index (χ3n) is 7.85. The van der Waals surface area contributed by atoms with Crippen LogP contribution in [-0.4, -0.2) is 69.6 Å². The second-order valence-electron chi connectivity index (χ2n) is 10.1. The Labute approximate surface area is 207 Å². The lowest BCUT2D eigenvalue weighted by atomic mass is 9.95. The quantitative estimate of drug-likeness (QED) is 0.587. The normalized spacial score (nSPS) is 19.5. The number of rotatable bonds is 6. The lowest BCUT2D eigenvalue weighted by molar-refractivity contribution is -0.125. The van der Waals surface area contributed by atoms with Gasteiger partial charge in [0.15, 0.2) is 5.82 Å². The SMILES string of the molecule is CCN1CCC[C@@H]1CNC(=O)C1CCN(c2nnc(C)c3c(C)n(-c4ccc(C)cc4)nc23)CC1. The molecule has 5 rings (SSSR count). The van der Waals surface area contributed by atoms with E-state index >= 15 is 0 Å². The molecule has 2 saturated heterocycles. The molecule has 1 atom stereocenters. The maximum Gasteiger partial charge on any atom is 0.223 e. The maximum atomic E-state index is 12.9. The molecule has 0 spiro atoms. The Kier molecular flexibility index (Phi) is 6.73. The number of piperidine rings is 1. The van der Waals surface area contributed by atoms with E-state index in [1.165, 1.54) is 18.4 Å². The van der Waals surface area contributed by atoms with Gasteiger partial charge in [0.05, 0.1) is 22.5 Å². The van der Waals surface area contributed by atoms with Gasteiger partial charge in [-0.15, -0.1) is 5.10 Å². The van der Waals surface area contributed by atoms with Gasteiger partial charge in [-0.25, -0.2) is 4.68 Å². The van der Waals surface area contributed by atoms with Crippen molar-refractivity contribution >= 4 is 22.6 Å². The number of nitrogens with zero attached hydrogens (tertiary/aromatic N) is 6. The standard InChI is InChI=1S/C27H37N7O/c1-5-32-14-6-7-23(32)17-28-27(35)21-12-15-33(16-13-21)26-25-24(19(3)29-30-26)20(4)34(31-25)22-10-8-18(2)9-11-22/h8-11,21,23H,5-7,12-17H2,1-4H3,(H,28,35)/t23-/m1/s1. The third kappa shape index (κ3) is 4.63. The first-order valence-electron chi connectivity index (χ1n) is 13.0. The molecular formula is C27H37N7O. The summed E-state index contributed by atoms with van der Waals surface area (Å²) in [7, 11) is 0. The van der Waals surface area contributed by atoms with Gasteiger partial charge in [0.1, 0.15) is 5.52 Å². The van der Waals surface area contributed by atoms with Gasteiger partial charge < -0.3 is 10.2 Å². The molecule has 186 valence electrons. The topological polar surface area (TPSA) is 79.2 Å². The zero-order valence-corrected chi connectivity index (χ0v) is 21.4. The average molecular weight is 476 g/mol. The zero-order chi connectivity index (χ0) is 24.5. The fourth-order valence-electron chi connectivity index (χ4n) is 5.72. The lowest BCUT2D eigenvalue weighted by Gasteiger charge is -2.32. The minimum absolute atomic E-state index is 0.0588. The largest absolute Gasteiger partial charge is 0.354 e. The molecule has 35 heavy (non-hydrogen) atoms. The molecule has 1 amide bonds. The smallest absolute Gasteiger partial charge is 0.223 e. The molecule has 0 aliphatic carbocycles. The average Bonchev–Trinajstić information content (AvgIpc) is 3.48. The van der Waals surface area contributed by atoms with Crippen molar-refractivity contribution in [1.29, 1.82) is 0 Å². The summed E-state index contributed by atoms with van der Waals surface area (Å²) in [5, 5.41) is 18.3. The van der Waals surface area contributed by atoms with Crippen molar-refractivity contribution in [1.82, 2.24) is 30.2 Å². The van der Waals surface area contributed by atoms with Crippen LogP contribution in [0.15, 0.2) is 24.3 Å². The molecular weight excluding hydrogens is 438 g/mol. The van der Waals surface area contributed by atoms with Crippen molar-refractivity contribution in [2.45, 2.75) is 59.4 Å². The van der Waals surface area contributed by atoms with E-state index in [2.05, 4.69) is 70.4 Å². The van der Waals surface area contributed by atoms with E-state index in [1.54, 1.807) is 0 Å². The van der Waals surface area contributed by atoms with Crippen LogP contribution in [0.25, 0.3) is 16.6 Å². The number of amides is 1. The summed E-state index contributed by atoms with van der Waals surface area (Å²) >= 11 is 0. The van der Waals surface area contributed by atoms with Crippen LogP contribution >= 0.6 is 0 Å². The Balaban J connectivity index is 1.29. The van der Waals surface area contributed by atoms with Gasteiger partial charge in [0.25, 0.3) is 0 Å². The molecule has 1 aromatic carbocycles. The number of anilines is 1. The number of nitrogens with one attached hydrogen (secondary N) is 1. The summed E-state index contributed by atoms with van der Waals surface area (Å²) in [4.78, 5) is 17.6. The van der Waals surface area contributed by atoms with Crippen LogP contribution in [0.3, 0.4) is 0 Å². The number of benzene rings is 1. The number of carbonyl (C=O) groups excluding carboxylic acids is 1. The van der Waals surface area contributed by atoms with Gasteiger partial charge in [0.2, 0.25) is 5.91 Å². The highest BCUT2D eigenvalue weighted by molar-refractivity contribution is 5.92. The van der Waals surface area contributed by atoms with Gasteiger partial charge in [-0.1, -0.05) is 24.6 Å². The molecule has 0 saturated carbocycles. The van der Waals surface area contributed by atoms with E-state index in [0.29, 0.717) is 6.04 Å². The van der Waals surface area contributed by atoms with Crippen LogP contribution < -0.4 is 10.2 Å². The number of hydrogen-bond donors (Lipinski definition) is 1. The Morgan fingerprint density at radius 3 is 2.49 bits per heavy atom. The molecule has 2 aliphatic heterocycles. The van der Waals surface area contributed by atoms with Gasteiger partial charge >= 0.3 is 0 Å². The Hall–Kier alpha value is -3.00. The first-order valence-corrected chi connectivity index (χ1v) is 13.0. The fraction of sp³-hybridized carbons (Fsp3) is 0.556. The predicted octanol–water partition coefficient (Wildman–Crippen LogP) is 3.56. The summed E-state index contributed by atoms with van der Waals surface area (Å²) < 4.78 is 1.99. The number of likely N-dealkylation sites (N-methyl/N-ethyl adjacent to an activating group) is 1. The number of likely N-dealkylation sites (tertiary alicyclic amines) is 1. The monoisotopic (exact) mass is 475 g/mol. The maximum absolute atomic E-state index is 12.9. The Morgan fingerprint density at radius 2 is 1.77 bits per heavy atom. The Morgan fingerprint density at radius 1 is 1.03 bits per heavy atom. The molecule has 2 fully saturated rings. The van der Waals surface area contributed by atoms with Crippen LogP contribution in [-0.2, 0) is 4.79 Å². The first kappa shape index (κ1) is 23.7. The van der Waals surface area contributed by atoms with Gasteiger partial charge in [-0.05, 0) is 71.7 Å². The van der Waals surface area contributed by atoms with Crippen molar-refractivity contribution in [3.8, 4) is 5.69 Å². The summed E-state index contributed by atoms with van der Waals surface area (Å²) in [6.07, 6.45) is 4.06. The summed E-state index contributed by atoms with van der Waals surface area (Å²) in [5.74, 6) is 1.08. The third-order valence-corrected chi connectivity index (χ3v) is 7.85. The molecule has 1 N–H and O–H groups in total. The van der Waals surface area contributed by atoms with E-state index < -0.39 is 0 Å². The van der Waals surface area contributed by atoms with Crippen LogP contribution in [0, 0.1) is 26.7 Å². The van der Waals surface area contributed by atoms with Crippen molar-refractivity contribution < 1.29 is 4.79 Å². The molecule has 4 heterocycles. The second kappa shape index (κ2) is 9.93. The highest BCUT2D eigenvalue weighted by Gasteiger charge is 2.30. The number of fused-ring (bicyclic) bond motifs is 1. The summed E-state index contributed by atoms with van der Waals surface area (Å²) in [6.45, 7) is 12.9. The molecule has 8 nitrogen and oxygen atoms in total. The molecule has 0 unspecified atom stereocenters. The van der Waals surface area contributed by atoms with E-state index in [-0.39, 0.29) is 11.8 Å².